The maximum atomic E-state index is 12.2. The second-order valence-electron chi connectivity index (χ2n) is 5.53. The van der Waals surface area contributed by atoms with Gasteiger partial charge in [0.15, 0.2) is 5.82 Å². The molecule has 0 aliphatic heterocycles. The van der Waals surface area contributed by atoms with Crippen LogP contribution in [0.25, 0.3) is 0 Å². The Morgan fingerprint density at radius 1 is 1.36 bits per heavy atom. The van der Waals surface area contributed by atoms with Gasteiger partial charge in [0, 0.05) is 12.2 Å². The van der Waals surface area contributed by atoms with E-state index in [-0.39, 0.29) is 17.8 Å². The Balaban J connectivity index is 1.58. The van der Waals surface area contributed by atoms with Crippen LogP contribution in [0.2, 0.25) is 0 Å². The van der Waals surface area contributed by atoms with Crippen LogP contribution in [-0.4, -0.2) is 31.9 Å². The Labute approximate surface area is 142 Å². The zero-order valence-electron chi connectivity index (χ0n) is 12.2. The van der Waals surface area contributed by atoms with Crippen molar-refractivity contribution in [3.05, 3.63) is 27.7 Å². The van der Waals surface area contributed by atoms with Gasteiger partial charge in [-0.05, 0) is 35.4 Å². The molecule has 0 bridgehead atoms. The normalized spacial score (nSPS) is 16.4. The largest absolute Gasteiger partial charge is 0.345 e. The molecule has 1 saturated carbocycles. The minimum Gasteiger partial charge on any atom is -0.345 e. The van der Waals surface area contributed by atoms with Crippen LogP contribution in [0.3, 0.4) is 0 Å². The van der Waals surface area contributed by atoms with Crippen molar-refractivity contribution < 1.29 is 9.32 Å². The maximum Gasteiger partial charge on any atom is 0.316 e. The van der Waals surface area contributed by atoms with Crippen LogP contribution >= 0.6 is 22.6 Å². The van der Waals surface area contributed by atoms with Gasteiger partial charge in [0.25, 0.3) is 0 Å². The number of aromatic nitrogens is 4. The summed E-state index contributed by atoms with van der Waals surface area (Å²) in [5.74, 6) is 0.201. The molecule has 1 amide bonds. The van der Waals surface area contributed by atoms with Crippen LogP contribution in [-0.2, 0) is 6.54 Å². The number of amides is 1. The van der Waals surface area contributed by atoms with Crippen LogP contribution in [0, 0.1) is 3.57 Å². The lowest BCUT2D eigenvalue weighted by molar-refractivity contribution is 0.0889. The van der Waals surface area contributed by atoms with Gasteiger partial charge in [-0.3, -0.25) is 9.48 Å². The van der Waals surface area contributed by atoms with Crippen molar-refractivity contribution >= 4 is 28.5 Å². The highest BCUT2D eigenvalue weighted by molar-refractivity contribution is 14.1. The summed E-state index contributed by atoms with van der Waals surface area (Å²) in [6.45, 7) is 0.392. The summed E-state index contributed by atoms with van der Waals surface area (Å²) in [6, 6.07) is 0.220. The molecule has 2 aromatic heterocycles. The molecule has 0 radical (unpaired) electrons. The fourth-order valence-corrected chi connectivity index (χ4v) is 3.10. The number of hydrogen-bond acceptors (Lipinski definition) is 5. The smallest absolute Gasteiger partial charge is 0.316 e. The summed E-state index contributed by atoms with van der Waals surface area (Å²) in [4.78, 5) is 16.3. The maximum absolute atomic E-state index is 12.2. The molecule has 0 atom stereocenters. The third-order valence-electron chi connectivity index (χ3n) is 3.76. The number of nitrogens with one attached hydrogen (secondary N) is 1. The molecule has 3 rings (SSSR count). The SMILES string of the molecule is O=C(NC1CCCCCC1)c1nc(Cn2cc(I)cn2)no1. The molecule has 7 nitrogen and oxygen atoms in total. The first kappa shape index (κ1) is 15.4. The van der Waals surface area contributed by atoms with Gasteiger partial charge in [0.2, 0.25) is 0 Å². The minimum absolute atomic E-state index is 0.0288. The molecule has 1 aliphatic carbocycles. The van der Waals surface area contributed by atoms with Crippen LogP contribution in [0.4, 0.5) is 0 Å². The van der Waals surface area contributed by atoms with Gasteiger partial charge in [0.05, 0.1) is 9.77 Å². The highest BCUT2D eigenvalue weighted by Crippen LogP contribution is 2.17. The summed E-state index contributed by atoms with van der Waals surface area (Å²) < 4.78 is 7.80. The van der Waals surface area contributed by atoms with E-state index in [2.05, 4.69) is 43.1 Å². The number of halogens is 1. The Morgan fingerprint density at radius 3 is 2.82 bits per heavy atom. The number of carbonyl (C=O) groups excluding carboxylic acids is 1. The number of hydrogen-bond donors (Lipinski definition) is 1. The zero-order valence-corrected chi connectivity index (χ0v) is 14.3. The molecule has 2 aromatic rings. The first-order valence-electron chi connectivity index (χ1n) is 7.52. The number of rotatable bonds is 4. The van der Waals surface area contributed by atoms with Crippen molar-refractivity contribution in [2.45, 2.75) is 51.1 Å². The molecule has 0 saturated heterocycles. The topological polar surface area (TPSA) is 85.8 Å². The van der Waals surface area contributed by atoms with E-state index in [1.807, 2.05) is 6.20 Å². The summed E-state index contributed by atoms with van der Waals surface area (Å²) in [5.41, 5.74) is 0. The van der Waals surface area contributed by atoms with Crippen LogP contribution in [0.1, 0.15) is 55.0 Å². The summed E-state index contributed by atoms with van der Waals surface area (Å²) in [7, 11) is 0. The Kier molecular flexibility index (Phi) is 5.06. The number of carbonyl (C=O) groups is 1. The molecule has 22 heavy (non-hydrogen) atoms. The van der Waals surface area contributed by atoms with Crippen molar-refractivity contribution in [2.75, 3.05) is 0 Å². The molecule has 0 spiro atoms. The van der Waals surface area contributed by atoms with Gasteiger partial charge < -0.3 is 9.84 Å². The molecule has 2 heterocycles. The molecule has 8 heteroatoms. The van der Waals surface area contributed by atoms with Gasteiger partial charge in [-0.1, -0.05) is 30.8 Å². The number of nitrogens with zero attached hydrogens (tertiary/aromatic N) is 4. The van der Waals surface area contributed by atoms with Crippen molar-refractivity contribution in [1.29, 1.82) is 0 Å². The lowest BCUT2D eigenvalue weighted by Crippen LogP contribution is -2.34. The van der Waals surface area contributed by atoms with E-state index in [0.717, 1.165) is 29.3 Å². The monoisotopic (exact) mass is 415 g/mol. The van der Waals surface area contributed by atoms with E-state index in [9.17, 15) is 4.79 Å². The molecule has 0 unspecified atom stereocenters. The van der Waals surface area contributed by atoms with E-state index in [0.29, 0.717) is 12.4 Å². The van der Waals surface area contributed by atoms with Crippen LogP contribution in [0.5, 0.6) is 0 Å². The second kappa shape index (κ2) is 7.21. The first-order valence-corrected chi connectivity index (χ1v) is 8.60. The van der Waals surface area contributed by atoms with E-state index < -0.39 is 0 Å². The quantitative estimate of drug-likeness (QED) is 0.612. The van der Waals surface area contributed by atoms with Crippen molar-refractivity contribution in [1.82, 2.24) is 25.2 Å². The molecule has 1 N–H and O–H groups in total. The highest BCUT2D eigenvalue weighted by Gasteiger charge is 2.20. The molecule has 1 aliphatic rings. The van der Waals surface area contributed by atoms with Gasteiger partial charge in [0.1, 0.15) is 6.54 Å². The molecule has 118 valence electrons. The van der Waals surface area contributed by atoms with E-state index in [4.69, 9.17) is 4.52 Å². The van der Waals surface area contributed by atoms with Crippen molar-refractivity contribution in [2.24, 2.45) is 0 Å². The van der Waals surface area contributed by atoms with Gasteiger partial charge in [-0.2, -0.15) is 10.1 Å². The standard InChI is InChI=1S/C14H18IN5O2/c15-10-7-16-20(8-10)9-12-18-14(22-19-12)13(21)17-11-5-3-1-2-4-6-11/h7-8,11H,1-6,9H2,(H,17,21). The average Bonchev–Trinajstić information content (AvgIpc) is 3.04. The fraction of sp³-hybridized carbons (Fsp3) is 0.571. The van der Waals surface area contributed by atoms with Crippen LogP contribution in [0.15, 0.2) is 16.9 Å². The molecular weight excluding hydrogens is 397 g/mol. The minimum atomic E-state index is -0.277. The predicted molar refractivity (Wildman–Crippen MR) is 87.3 cm³/mol. The predicted octanol–water partition coefficient (Wildman–Crippen LogP) is 2.37. The molecule has 1 fully saturated rings. The summed E-state index contributed by atoms with van der Waals surface area (Å²) in [6.07, 6.45) is 10.5. The van der Waals surface area contributed by atoms with E-state index >= 15 is 0 Å². The van der Waals surface area contributed by atoms with Gasteiger partial charge in [-0.15, -0.1) is 0 Å². The molecule has 0 aromatic carbocycles. The second-order valence-corrected chi connectivity index (χ2v) is 6.78. The fourth-order valence-electron chi connectivity index (χ4n) is 2.65. The summed E-state index contributed by atoms with van der Waals surface area (Å²) in [5, 5.41) is 11.0. The van der Waals surface area contributed by atoms with Crippen LogP contribution < -0.4 is 5.32 Å². The average molecular weight is 415 g/mol. The van der Waals surface area contributed by atoms with E-state index in [1.54, 1.807) is 10.9 Å². The van der Waals surface area contributed by atoms with Crippen molar-refractivity contribution in [3.63, 3.8) is 0 Å². The summed E-state index contributed by atoms with van der Waals surface area (Å²) >= 11 is 2.18. The highest BCUT2D eigenvalue weighted by atomic mass is 127. The van der Waals surface area contributed by atoms with Gasteiger partial charge >= 0.3 is 11.8 Å². The molecular formula is C14H18IN5O2. The Hall–Kier alpha value is -1.45. The third kappa shape index (κ3) is 4.05. The van der Waals surface area contributed by atoms with Crippen molar-refractivity contribution in [3.8, 4) is 0 Å². The van der Waals surface area contributed by atoms with Gasteiger partial charge in [-0.25, -0.2) is 0 Å². The third-order valence-corrected chi connectivity index (χ3v) is 4.31. The first-order chi connectivity index (χ1) is 10.7. The lowest BCUT2D eigenvalue weighted by atomic mass is 10.1. The van der Waals surface area contributed by atoms with E-state index in [1.165, 1.54) is 12.8 Å². The Morgan fingerprint density at radius 2 is 2.14 bits per heavy atom. The lowest BCUT2D eigenvalue weighted by Gasteiger charge is -2.14. The zero-order chi connectivity index (χ0) is 15.4. The Bertz CT molecular complexity index is 631.